The molecule has 3 amide bonds. The van der Waals surface area contributed by atoms with Crippen LogP contribution in [0.1, 0.15) is 55.6 Å². The molecule has 0 atom stereocenters. The SMILES string of the molecule is CC(C)NC(=O)C1CCN(C(=O)c2sc(-c3ccccc3)cc2OCC(=O)N2CCCCC2)CC1. The van der Waals surface area contributed by atoms with Crippen LogP contribution in [0, 0.1) is 5.92 Å². The first kappa shape index (κ1) is 25.2. The van der Waals surface area contributed by atoms with E-state index in [0.717, 1.165) is 42.8 Å². The Hall–Kier alpha value is -2.87. The number of nitrogens with one attached hydrogen (secondary N) is 1. The molecule has 35 heavy (non-hydrogen) atoms. The molecule has 3 heterocycles. The van der Waals surface area contributed by atoms with Crippen molar-refractivity contribution in [1.82, 2.24) is 15.1 Å². The average molecular weight is 498 g/mol. The molecule has 2 fully saturated rings. The first-order valence-electron chi connectivity index (χ1n) is 12.6. The average Bonchev–Trinajstić information content (AvgIpc) is 3.32. The van der Waals surface area contributed by atoms with E-state index in [2.05, 4.69) is 5.32 Å². The summed E-state index contributed by atoms with van der Waals surface area (Å²) in [5.74, 6) is 0.328. The first-order chi connectivity index (χ1) is 16.9. The summed E-state index contributed by atoms with van der Waals surface area (Å²) in [6, 6.07) is 11.9. The molecule has 0 radical (unpaired) electrons. The molecule has 7 nitrogen and oxygen atoms in total. The Labute approximate surface area is 211 Å². The number of thiophene rings is 1. The smallest absolute Gasteiger partial charge is 0.267 e. The number of hydrogen-bond donors (Lipinski definition) is 1. The summed E-state index contributed by atoms with van der Waals surface area (Å²) >= 11 is 1.40. The van der Waals surface area contributed by atoms with Gasteiger partial charge in [0.15, 0.2) is 6.61 Å². The van der Waals surface area contributed by atoms with Crippen LogP contribution in [-0.2, 0) is 9.59 Å². The Morgan fingerprint density at radius 2 is 1.69 bits per heavy atom. The number of nitrogens with zero attached hydrogens (tertiary/aromatic N) is 2. The van der Waals surface area contributed by atoms with E-state index < -0.39 is 0 Å². The minimum absolute atomic E-state index is 0.0347. The van der Waals surface area contributed by atoms with Crippen LogP contribution >= 0.6 is 11.3 Å². The zero-order chi connectivity index (χ0) is 24.8. The van der Waals surface area contributed by atoms with Gasteiger partial charge in [0.2, 0.25) is 5.91 Å². The van der Waals surface area contributed by atoms with Gasteiger partial charge in [-0.1, -0.05) is 30.3 Å². The maximum absolute atomic E-state index is 13.5. The molecule has 188 valence electrons. The molecule has 2 aromatic rings. The standard InChI is InChI=1S/C27H35N3O4S/c1-19(2)28-26(32)21-11-15-30(16-12-21)27(33)25-22(17-23(35-25)20-9-5-3-6-10-20)34-18-24(31)29-13-7-4-8-14-29/h3,5-6,9-10,17,19,21H,4,7-8,11-16,18H2,1-2H3,(H,28,32). The third-order valence-corrected chi connectivity index (χ3v) is 7.75. The van der Waals surface area contributed by atoms with E-state index in [1.54, 1.807) is 4.90 Å². The Balaban J connectivity index is 1.47. The number of amides is 3. The summed E-state index contributed by atoms with van der Waals surface area (Å²) in [7, 11) is 0. The van der Waals surface area contributed by atoms with E-state index in [-0.39, 0.29) is 36.3 Å². The molecular formula is C27H35N3O4S. The van der Waals surface area contributed by atoms with Crippen molar-refractivity contribution in [3.8, 4) is 16.2 Å². The number of hydrogen-bond acceptors (Lipinski definition) is 5. The van der Waals surface area contributed by atoms with Gasteiger partial charge in [-0.15, -0.1) is 11.3 Å². The first-order valence-corrected chi connectivity index (χ1v) is 13.4. The summed E-state index contributed by atoms with van der Waals surface area (Å²) < 4.78 is 5.98. The van der Waals surface area contributed by atoms with Crippen molar-refractivity contribution in [3.63, 3.8) is 0 Å². The number of likely N-dealkylation sites (tertiary alicyclic amines) is 2. The minimum atomic E-state index is -0.0969. The van der Waals surface area contributed by atoms with Crippen LogP contribution in [0.4, 0.5) is 0 Å². The Morgan fingerprint density at radius 3 is 2.34 bits per heavy atom. The minimum Gasteiger partial charge on any atom is -0.482 e. The van der Waals surface area contributed by atoms with E-state index in [1.807, 2.05) is 55.1 Å². The molecular weight excluding hydrogens is 462 g/mol. The second kappa shape index (κ2) is 11.7. The van der Waals surface area contributed by atoms with Crippen LogP contribution in [-0.4, -0.2) is 66.3 Å². The third-order valence-electron chi connectivity index (χ3n) is 6.59. The van der Waals surface area contributed by atoms with Crippen molar-refractivity contribution in [2.45, 2.75) is 52.0 Å². The molecule has 4 rings (SSSR count). The van der Waals surface area contributed by atoms with Crippen LogP contribution in [0.25, 0.3) is 10.4 Å². The van der Waals surface area contributed by atoms with E-state index in [0.29, 0.717) is 36.6 Å². The summed E-state index contributed by atoms with van der Waals surface area (Å²) in [6.45, 7) is 6.44. The Kier molecular flexibility index (Phi) is 8.44. The molecule has 1 N–H and O–H groups in total. The predicted octanol–water partition coefficient (Wildman–Crippen LogP) is 4.18. The van der Waals surface area contributed by atoms with Crippen LogP contribution in [0.5, 0.6) is 5.75 Å². The zero-order valence-electron chi connectivity index (χ0n) is 20.6. The van der Waals surface area contributed by atoms with Gasteiger partial charge in [0.25, 0.3) is 11.8 Å². The maximum atomic E-state index is 13.5. The van der Waals surface area contributed by atoms with E-state index in [1.165, 1.54) is 11.3 Å². The molecule has 1 aromatic carbocycles. The number of rotatable bonds is 7. The molecule has 0 bridgehead atoms. The quantitative estimate of drug-likeness (QED) is 0.622. The number of benzene rings is 1. The lowest BCUT2D eigenvalue weighted by Crippen LogP contribution is -2.44. The van der Waals surface area contributed by atoms with Gasteiger partial charge in [-0.3, -0.25) is 14.4 Å². The van der Waals surface area contributed by atoms with Crippen molar-refractivity contribution >= 4 is 29.1 Å². The second-order valence-electron chi connectivity index (χ2n) is 9.63. The lowest BCUT2D eigenvalue weighted by Gasteiger charge is -2.31. The van der Waals surface area contributed by atoms with Gasteiger partial charge in [-0.25, -0.2) is 0 Å². The summed E-state index contributed by atoms with van der Waals surface area (Å²) in [4.78, 5) is 43.7. The molecule has 0 unspecified atom stereocenters. The highest BCUT2D eigenvalue weighted by Crippen LogP contribution is 2.38. The van der Waals surface area contributed by atoms with E-state index in [9.17, 15) is 14.4 Å². The van der Waals surface area contributed by atoms with E-state index >= 15 is 0 Å². The summed E-state index contributed by atoms with van der Waals surface area (Å²) in [5, 5.41) is 2.98. The van der Waals surface area contributed by atoms with Gasteiger partial charge in [-0.05, 0) is 57.6 Å². The Bertz CT molecular complexity index is 1020. The number of carbonyl (C=O) groups excluding carboxylic acids is 3. The van der Waals surface area contributed by atoms with Gasteiger partial charge in [0, 0.05) is 43.0 Å². The van der Waals surface area contributed by atoms with Gasteiger partial charge in [-0.2, -0.15) is 0 Å². The van der Waals surface area contributed by atoms with Crippen LogP contribution in [0.2, 0.25) is 0 Å². The second-order valence-corrected chi connectivity index (χ2v) is 10.7. The maximum Gasteiger partial charge on any atom is 0.267 e. The van der Waals surface area contributed by atoms with Gasteiger partial charge in [0.05, 0.1) is 0 Å². The van der Waals surface area contributed by atoms with Crippen LogP contribution < -0.4 is 10.1 Å². The van der Waals surface area contributed by atoms with Gasteiger partial charge < -0.3 is 19.9 Å². The number of ether oxygens (including phenoxy) is 1. The van der Waals surface area contributed by atoms with Crippen molar-refractivity contribution in [3.05, 3.63) is 41.3 Å². The van der Waals surface area contributed by atoms with Gasteiger partial charge in [0.1, 0.15) is 10.6 Å². The predicted molar refractivity (Wildman–Crippen MR) is 138 cm³/mol. The zero-order valence-corrected chi connectivity index (χ0v) is 21.4. The number of piperidine rings is 2. The highest BCUT2D eigenvalue weighted by Gasteiger charge is 2.31. The third kappa shape index (κ3) is 6.42. The number of carbonyl (C=O) groups is 3. The van der Waals surface area contributed by atoms with Crippen LogP contribution in [0.3, 0.4) is 0 Å². The van der Waals surface area contributed by atoms with Crippen molar-refractivity contribution in [1.29, 1.82) is 0 Å². The highest BCUT2D eigenvalue weighted by atomic mass is 32.1. The Morgan fingerprint density at radius 1 is 1.00 bits per heavy atom. The summed E-state index contributed by atoms with van der Waals surface area (Å²) in [6.07, 6.45) is 4.49. The van der Waals surface area contributed by atoms with Crippen molar-refractivity contribution in [2.75, 3.05) is 32.8 Å². The molecule has 2 saturated heterocycles. The molecule has 0 saturated carbocycles. The van der Waals surface area contributed by atoms with Crippen molar-refractivity contribution in [2.24, 2.45) is 5.92 Å². The monoisotopic (exact) mass is 497 g/mol. The topological polar surface area (TPSA) is 79.0 Å². The molecule has 0 aliphatic carbocycles. The highest BCUT2D eigenvalue weighted by molar-refractivity contribution is 7.17. The molecule has 8 heteroatoms. The lowest BCUT2D eigenvalue weighted by atomic mass is 9.95. The van der Waals surface area contributed by atoms with Crippen molar-refractivity contribution < 1.29 is 19.1 Å². The molecule has 2 aliphatic heterocycles. The van der Waals surface area contributed by atoms with Crippen LogP contribution in [0.15, 0.2) is 36.4 Å². The largest absolute Gasteiger partial charge is 0.482 e. The summed E-state index contributed by atoms with van der Waals surface area (Å²) in [5.41, 5.74) is 1.01. The fourth-order valence-corrected chi connectivity index (χ4v) is 5.71. The lowest BCUT2D eigenvalue weighted by molar-refractivity contribution is -0.134. The normalized spacial score (nSPS) is 16.9. The molecule has 0 spiro atoms. The molecule has 1 aromatic heterocycles. The fraction of sp³-hybridized carbons (Fsp3) is 0.519. The van der Waals surface area contributed by atoms with Gasteiger partial charge >= 0.3 is 0 Å². The fourth-order valence-electron chi connectivity index (χ4n) is 4.64. The molecule has 2 aliphatic rings. The van der Waals surface area contributed by atoms with E-state index in [4.69, 9.17) is 4.74 Å².